The number of carbonyl (C=O) groups is 2. The zero-order valence-corrected chi connectivity index (χ0v) is 20.7. The van der Waals surface area contributed by atoms with Crippen molar-refractivity contribution in [2.75, 3.05) is 20.2 Å². The minimum atomic E-state index is -0.311. The Morgan fingerprint density at radius 2 is 1.59 bits per heavy atom. The molecule has 1 heterocycles. The molecule has 0 atom stereocenters. The molecule has 0 aliphatic heterocycles. The third kappa shape index (κ3) is 7.15. The summed E-state index contributed by atoms with van der Waals surface area (Å²) >= 11 is 1.60. The fourth-order valence-electron chi connectivity index (χ4n) is 3.64. The Balaban J connectivity index is 1.74. The SMILES string of the molecule is CCCN(CC(=O)N(Cc1ccc(F)cc1)Cc1sccc1C)C(=O)Cc1ccc(OC)cc1. The largest absolute Gasteiger partial charge is 0.497 e. The van der Waals surface area contributed by atoms with Crippen molar-refractivity contribution in [3.8, 4) is 5.75 Å². The molecule has 0 unspecified atom stereocenters. The molecule has 180 valence electrons. The van der Waals surface area contributed by atoms with Gasteiger partial charge in [-0.1, -0.05) is 31.2 Å². The normalized spacial score (nSPS) is 10.7. The fourth-order valence-corrected chi connectivity index (χ4v) is 4.56. The van der Waals surface area contributed by atoms with Gasteiger partial charge < -0.3 is 14.5 Å². The Bertz CT molecular complexity index is 1080. The number of carbonyl (C=O) groups excluding carboxylic acids is 2. The van der Waals surface area contributed by atoms with Crippen LogP contribution in [-0.2, 0) is 29.1 Å². The van der Waals surface area contributed by atoms with E-state index in [-0.39, 0.29) is 30.6 Å². The van der Waals surface area contributed by atoms with E-state index in [4.69, 9.17) is 4.74 Å². The summed E-state index contributed by atoms with van der Waals surface area (Å²) in [4.78, 5) is 31.0. The average Bonchev–Trinajstić information content (AvgIpc) is 3.24. The number of ether oxygens (including phenoxy) is 1. The summed E-state index contributed by atoms with van der Waals surface area (Å²) in [6, 6.07) is 15.6. The van der Waals surface area contributed by atoms with E-state index in [0.717, 1.165) is 33.7 Å². The maximum Gasteiger partial charge on any atom is 0.242 e. The zero-order valence-electron chi connectivity index (χ0n) is 19.9. The zero-order chi connectivity index (χ0) is 24.5. The van der Waals surface area contributed by atoms with Crippen molar-refractivity contribution in [3.63, 3.8) is 0 Å². The quantitative estimate of drug-likeness (QED) is 0.377. The number of rotatable bonds is 11. The fraction of sp³-hybridized carbons (Fsp3) is 0.333. The van der Waals surface area contributed by atoms with Gasteiger partial charge in [0, 0.05) is 18.0 Å². The van der Waals surface area contributed by atoms with Crippen LogP contribution in [0.2, 0.25) is 0 Å². The molecule has 0 spiro atoms. The number of benzene rings is 2. The van der Waals surface area contributed by atoms with E-state index in [2.05, 4.69) is 0 Å². The van der Waals surface area contributed by atoms with Crippen LogP contribution in [0.1, 0.15) is 34.9 Å². The van der Waals surface area contributed by atoms with Gasteiger partial charge in [-0.25, -0.2) is 4.39 Å². The molecule has 0 aliphatic rings. The van der Waals surface area contributed by atoms with Crippen LogP contribution >= 0.6 is 11.3 Å². The molecule has 34 heavy (non-hydrogen) atoms. The van der Waals surface area contributed by atoms with Gasteiger partial charge in [0.05, 0.1) is 26.6 Å². The van der Waals surface area contributed by atoms with Crippen LogP contribution in [0.25, 0.3) is 0 Å². The standard InChI is InChI=1S/C27H31FN2O3S/c1-4-14-29(26(31)16-21-7-11-24(33-3)12-8-21)19-27(32)30(18-25-20(2)13-15-34-25)17-22-5-9-23(28)10-6-22/h5-13,15H,4,14,16-19H2,1-3H3. The Morgan fingerprint density at radius 3 is 2.18 bits per heavy atom. The highest BCUT2D eigenvalue weighted by Crippen LogP contribution is 2.20. The van der Waals surface area contributed by atoms with Gasteiger partial charge in [-0.05, 0) is 65.7 Å². The molecule has 0 radical (unpaired) electrons. The van der Waals surface area contributed by atoms with E-state index in [0.29, 0.717) is 19.6 Å². The van der Waals surface area contributed by atoms with Crippen LogP contribution in [0.15, 0.2) is 60.0 Å². The Morgan fingerprint density at radius 1 is 0.912 bits per heavy atom. The number of hydrogen-bond acceptors (Lipinski definition) is 4. The minimum Gasteiger partial charge on any atom is -0.497 e. The molecule has 2 amide bonds. The highest BCUT2D eigenvalue weighted by molar-refractivity contribution is 7.10. The molecule has 1 aromatic heterocycles. The Kier molecular flexibility index (Phi) is 9.22. The predicted octanol–water partition coefficient (Wildman–Crippen LogP) is 5.21. The second kappa shape index (κ2) is 12.3. The molecule has 0 aliphatic carbocycles. The highest BCUT2D eigenvalue weighted by atomic mass is 32.1. The smallest absolute Gasteiger partial charge is 0.242 e. The van der Waals surface area contributed by atoms with Crippen LogP contribution in [0.3, 0.4) is 0 Å². The molecule has 0 saturated heterocycles. The molecule has 0 saturated carbocycles. The molecule has 3 aromatic rings. The van der Waals surface area contributed by atoms with Crippen molar-refractivity contribution in [2.24, 2.45) is 0 Å². The lowest BCUT2D eigenvalue weighted by atomic mass is 10.1. The van der Waals surface area contributed by atoms with Gasteiger partial charge in [-0.15, -0.1) is 11.3 Å². The van der Waals surface area contributed by atoms with Crippen LogP contribution in [-0.4, -0.2) is 41.8 Å². The number of halogens is 1. The number of methoxy groups -OCH3 is 1. The first-order chi connectivity index (χ1) is 16.4. The first kappa shape index (κ1) is 25.4. The van der Waals surface area contributed by atoms with Gasteiger partial charge in [-0.2, -0.15) is 0 Å². The van der Waals surface area contributed by atoms with Crippen LogP contribution in [0.5, 0.6) is 5.75 Å². The molecular weight excluding hydrogens is 451 g/mol. The van der Waals surface area contributed by atoms with Crippen molar-refractivity contribution in [1.29, 1.82) is 0 Å². The topological polar surface area (TPSA) is 49.9 Å². The first-order valence-corrected chi connectivity index (χ1v) is 12.2. The molecule has 0 fully saturated rings. The van der Waals surface area contributed by atoms with Crippen molar-refractivity contribution in [2.45, 2.75) is 39.8 Å². The van der Waals surface area contributed by atoms with Crippen LogP contribution < -0.4 is 4.74 Å². The number of nitrogens with zero attached hydrogens (tertiary/aromatic N) is 2. The van der Waals surface area contributed by atoms with Gasteiger partial charge in [-0.3, -0.25) is 9.59 Å². The number of hydrogen-bond donors (Lipinski definition) is 0. The second-order valence-electron chi connectivity index (χ2n) is 8.24. The Labute approximate surface area is 204 Å². The summed E-state index contributed by atoms with van der Waals surface area (Å²) in [5.41, 5.74) is 2.84. The highest BCUT2D eigenvalue weighted by Gasteiger charge is 2.22. The molecule has 3 rings (SSSR count). The van der Waals surface area contributed by atoms with E-state index >= 15 is 0 Å². The van der Waals surface area contributed by atoms with E-state index < -0.39 is 0 Å². The van der Waals surface area contributed by atoms with Crippen LogP contribution in [0.4, 0.5) is 4.39 Å². The minimum absolute atomic E-state index is 0.00838. The number of amides is 2. The third-order valence-corrected chi connectivity index (χ3v) is 6.64. The second-order valence-corrected chi connectivity index (χ2v) is 9.24. The van der Waals surface area contributed by atoms with Crippen molar-refractivity contribution in [3.05, 3.63) is 87.4 Å². The van der Waals surface area contributed by atoms with Gasteiger partial charge in [0.1, 0.15) is 11.6 Å². The van der Waals surface area contributed by atoms with Gasteiger partial charge in [0.2, 0.25) is 11.8 Å². The molecule has 2 aromatic carbocycles. The van der Waals surface area contributed by atoms with E-state index in [9.17, 15) is 14.0 Å². The lowest BCUT2D eigenvalue weighted by Gasteiger charge is -2.28. The predicted molar refractivity (Wildman–Crippen MR) is 133 cm³/mol. The molecular formula is C27H31FN2O3S. The molecule has 7 heteroatoms. The van der Waals surface area contributed by atoms with E-state index in [1.165, 1.54) is 12.1 Å². The number of thiophene rings is 1. The summed E-state index contributed by atoms with van der Waals surface area (Å²) in [6.45, 7) is 5.32. The average molecular weight is 483 g/mol. The summed E-state index contributed by atoms with van der Waals surface area (Å²) in [7, 11) is 1.60. The van der Waals surface area contributed by atoms with Crippen LogP contribution in [0, 0.1) is 12.7 Å². The lowest BCUT2D eigenvalue weighted by Crippen LogP contribution is -2.43. The summed E-state index contributed by atoms with van der Waals surface area (Å²) in [5.74, 6) is 0.203. The van der Waals surface area contributed by atoms with E-state index in [1.807, 2.05) is 49.6 Å². The van der Waals surface area contributed by atoms with Gasteiger partial charge >= 0.3 is 0 Å². The van der Waals surface area contributed by atoms with Gasteiger partial charge in [0.25, 0.3) is 0 Å². The Hall–Kier alpha value is -3.19. The first-order valence-electron chi connectivity index (χ1n) is 11.4. The summed E-state index contributed by atoms with van der Waals surface area (Å²) < 4.78 is 18.6. The van der Waals surface area contributed by atoms with Crippen molar-refractivity contribution < 1.29 is 18.7 Å². The summed E-state index contributed by atoms with van der Waals surface area (Å²) in [5, 5.41) is 2.01. The van der Waals surface area contributed by atoms with Crippen molar-refractivity contribution in [1.82, 2.24) is 9.80 Å². The van der Waals surface area contributed by atoms with Gasteiger partial charge in [0.15, 0.2) is 0 Å². The van der Waals surface area contributed by atoms with Crippen molar-refractivity contribution >= 4 is 23.2 Å². The number of aryl methyl sites for hydroxylation is 1. The van der Waals surface area contributed by atoms with E-state index in [1.54, 1.807) is 40.4 Å². The summed E-state index contributed by atoms with van der Waals surface area (Å²) in [6.07, 6.45) is 0.975. The lowest BCUT2D eigenvalue weighted by molar-refractivity contribution is -0.141. The monoisotopic (exact) mass is 482 g/mol. The molecule has 0 bridgehead atoms. The third-order valence-electron chi connectivity index (χ3n) is 5.63. The maximum absolute atomic E-state index is 13.4. The molecule has 5 nitrogen and oxygen atoms in total. The molecule has 0 N–H and O–H groups in total. The maximum atomic E-state index is 13.4.